The summed E-state index contributed by atoms with van der Waals surface area (Å²) in [7, 11) is 1.45. The lowest BCUT2D eigenvalue weighted by molar-refractivity contribution is -0.127. The number of hydrazone groups is 1. The van der Waals surface area contributed by atoms with Gasteiger partial charge in [0.15, 0.2) is 17.6 Å². The molecule has 0 heterocycles. The molecular weight excluding hydrogens is 504 g/mol. The van der Waals surface area contributed by atoms with E-state index < -0.39 is 18.0 Å². The van der Waals surface area contributed by atoms with Crippen LogP contribution in [0, 0.1) is 0 Å². The van der Waals surface area contributed by atoms with Crippen LogP contribution in [0.3, 0.4) is 0 Å². The minimum atomic E-state index is -0.768. The van der Waals surface area contributed by atoms with E-state index in [-0.39, 0.29) is 11.3 Å². The van der Waals surface area contributed by atoms with Gasteiger partial charge in [-0.3, -0.25) is 4.79 Å². The van der Waals surface area contributed by atoms with Crippen LogP contribution in [0.2, 0.25) is 5.02 Å². The fraction of sp³-hybridized carbons (Fsp3) is 0.100. The van der Waals surface area contributed by atoms with Crippen molar-refractivity contribution in [2.75, 3.05) is 7.11 Å². The van der Waals surface area contributed by atoms with E-state index in [1.54, 1.807) is 49.4 Å². The van der Waals surface area contributed by atoms with Gasteiger partial charge in [0, 0.05) is 0 Å². The number of carbonyl (C=O) groups is 2. The highest BCUT2D eigenvalue weighted by Gasteiger charge is 2.16. The molecule has 1 atom stereocenters. The third-order valence-corrected chi connectivity index (χ3v) is 5.85. The van der Waals surface area contributed by atoms with Crippen molar-refractivity contribution in [3.8, 4) is 28.4 Å². The Morgan fingerprint density at radius 3 is 2.26 bits per heavy atom. The summed E-state index contributed by atoms with van der Waals surface area (Å²) in [5, 5.41) is 4.29. The quantitative estimate of drug-likeness (QED) is 0.122. The first-order valence-corrected chi connectivity index (χ1v) is 12.1. The van der Waals surface area contributed by atoms with Crippen molar-refractivity contribution in [1.82, 2.24) is 5.43 Å². The van der Waals surface area contributed by atoms with Crippen molar-refractivity contribution in [3.05, 3.63) is 113 Å². The second-order valence-corrected chi connectivity index (χ2v) is 8.57. The number of nitrogens with zero attached hydrogens (tertiary/aromatic N) is 1. The highest BCUT2D eigenvalue weighted by molar-refractivity contribution is 6.33. The highest BCUT2D eigenvalue weighted by atomic mass is 35.5. The lowest BCUT2D eigenvalue weighted by atomic mass is 10.1. The Hall–Kier alpha value is -4.62. The molecule has 4 aromatic carbocycles. The van der Waals surface area contributed by atoms with Crippen LogP contribution in [0.25, 0.3) is 11.1 Å². The van der Waals surface area contributed by atoms with Crippen molar-refractivity contribution < 1.29 is 23.8 Å². The minimum Gasteiger partial charge on any atom is -0.493 e. The summed E-state index contributed by atoms with van der Waals surface area (Å²) in [6, 6.07) is 29.0. The molecule has 7 nitrogen and oxygen atoms in total. The third kappa shape index (κ3) is 6.78. The average molecular weight is 529 g/mol. The first-order valence-electron chi connectivity index (χ1n) is 11.7. The minimum absolute atomic E-state index is 0.221. The maximum Gasteiger partial charge on any atom is 0.345 e. The summed E-state index contributed by atoms with van der Waals surface area (Å²) in [5.74, 6) is 0.0927. The molecular formula is C30H25ClN2O5. The molecule has 1 amide bonds. The SMILES string of the molecule is COc1cc(/C=N/NC(=O)C(C)Oc2ccc(-c3ccccc3)cc2)ccc1OC(=O)c1ccccc1Cl. The van der Waals surface area contributed by atoms with Crippen LogP contribution in [0.4, 0.5) is 0 Å². The van der Waals surface area contributed by atoms with Crippen molar-refractivity contribution in [1.29, 1.82) is 0 Å². The number of esters is 1. The maximum absolute atomic E-state index is 12.5. The van der Waals surface area contributed by atoms with Crippen LogP contribution in [-0.2, 0) is 4.79 Å². The molecule has 38 heavy (non-hydrogen) atoms. The van der Waals surface area contributed by atoms with E-state index in [9.17, 15) is 9.59 Å². The fourth-order valence-electron chi connectivity index (χ4n) is 3.51. The Bertz CT molecular complexity index is 1440. The molecule has 0 saturated heterocycles. The number of amides is 1. The van der Waals surface area contributed by atoms with Gasteiger partial charge in [-0.2, -0.15) is 5.10 Å². The molecule has 0 aliphatic carbocycles. The van der Waals surface area contributed by atoms with E-state index in [0.717, 1.165) is 11.1 Å². The number of nitrogens with one attached hydrogen (secondary N) is 1. The molecule has 0 fully saturated rings. The summed E-state index contributed by atoms with van der Waals surface area (Å²) in [6.45, 7) is 1.64. The second-order valence-electron chi connectivity index (χ2n) is 8.16. The highest BCUT2D eigenvalue weighted by Crippen LogP contribution is 2.29. The van der Waals surface area contributed by atoms with Gasteiger partial charge in [-0.05, 0) is 66.1 Å². The number of rotatable bonds is 9. The summed E-state index contributed by atoms with van der Waals surface area (Å²) in [6.07, 6.45) is 0.678. The number of methoxy groups -OCH3 is 1. The van der Waals surface area contributed by atoms with Gasteiger partial charge in [0.2, 0.25) is 0 Å². The lowest BCUT2D eigenvalue weighted by Crippen LogP contribution is -2.33. The number of halogens is 1. The van der Waals surface area contributed by atoms with Gasteiger partial charge in [0.1, 0.15) is 5.75 Å². The molecule has 0 aliphatic rings. The molecule has 4 aromatic rings. The largest absolute Gasteiger partial charge is 0.493 e. The van der Waals surface area contributed by atoms with E-state index in [2.05, 4.69) is 10.5 Å². The topological polar surface area (TPSA) is 86.2 Å². The van der Waals surface area contributed by atoms with E-state index in [1.165, 1.54) is 13.3 Å². The number of benzene rings is 4. The average Bonchev–Trinajstić information content (AvgIpc) is 2.94. The van der Waals surface area contributed by atoms with Gasteiger partial charge >= 0.3 is 5.97 Å². The van der Waals surface area contributed by atoms with Gasteiger partial charge in [0.05, 0.1) is 23.9 Å². The summed E-state index contributed by atoms with van der Waals surface area (Å²) >= 11 is 6.07. The first kappa shape index (κ1) is 26.4. The summed E-state index contributed by atoms with van der Waals surface area (Å²) < 4.78 is 16.5. The number of hydrogen-bond acceptors (Lipinski definition) is 6. The number of ether oxygens (including phenoxy) is 3. The normalized spacial score (nSPS) is 11.6. The fourth-order valence-corrected chi connectivity index (χ4v) is 3.72. The van der Waals surface area contributed by atoms with Gasteiger partial charge in [-0.25, -0.2) is 10.2 Å². The molecule has 1 N–H and O–H groups in total. The zero-order valence-electron chi connectivity index (χ0n) is 20.8. The van der Waals surface area contributed by atoms with Crippen LogP contribution in [0.5, 0.6) is 17.2 Å². The van der Waals surface area contributed by atoms with Gasteiger partial charge in [-0.1, -0.05) is 66.2 Å². The van der Waals surface area contributed by atoms with E-state index >= 15 is 0 Å². The van der Waals surface area contributed by atoms with Crippen molar-refractivity contribution in [2.45, 2.75) is 13.0 Å². The Balaban J connectivity index is 1.32. The first-order chi connectivity index (χ1) is 18.4. The molecule has 1 unspecified atom stereocenters. The second kappa shape index (κ2) is 12.6. The van der Waals surface area contributed by atoms with E-state index in [0.29, 0.717) is 22.1 Å². The lowest BCUT2D eigenvalue weighted by Gasteiger charge is -2.13. The van der Waals surface area contributed by atoms with Crippen molar-refractivity contribution >= 4 is 29.7 Å². The molecule has 192 valence electrons. The molecule has 0 aromatic heterocycles. The van der Waals surface area contributed by atoms with E-state index in [1.807, 2.05) is 54.6 Å². The smallest absolute Gasteiger partial charge is 0.345 e. The predicted octanol–water partition coefficient (Wildman–Crippen LogP) is 6.15. The van der Waals surface area contributed by atoms with Gasteiger partial charge in [-0.15, -0.1) is 0 Å². The Morgan fingerprint density at radius 2 is 1.55 bits per heavy atom. The molecule has 4 rings (SSSR count). The molecule has 0 saturated carbocycles. The van der Waals surface area contributed by atoms with Crippen LogP contribution in [-0.4, -0.2) is 31.3 Å². The zero-order chi connectivity index (χ0) is 26.9. The number of carbonyl (C=O) groups excluding carboxylic acids is 2. The van der Waals surface area contributed by atoms with Crippen molar-refractivity contribution in [3.63, 3.8) is 0 Å². The molecule has 8 heteroatoms. The van der Waals surface area contributed by atoms with Crippen LogP contribution in [0.15, 0.2) is 102 Å². The van der Waals surface area contributed by atoms with Crippen LogP contribution < -0.4 is 19.6 Å². The summed E-state index contributed by atoms with van der Waals surface area (Å²) in [4.78, 5) is 24.9. The van der Waals surface area contributed by atoms with Crippen LogP contribution in [0.1, 0.15) is 22.8 Å². The summed E-state index contributed by atoms with van der Waals surface area (Å²) in [5.41, 5.74) is 5.48. The monoisotopic (exact) mass is 528 g/mol. The Kier molecular flexibility index (Phi) is 8.74. The zero-order valence-corrected chi connectivity index (χ0v) is 21.5. The van der Waals surface area contributed by atoms with Gasteiger partial charge < -0.3 is 14.2 Å². The van der Waals surface area contributed by atoms with Crippen molar-refractivity contribution in [2.24, 2.45) is 5.10 Å². The molecule has 0 aliphatic heterocycles. The number of hydrogen-bond donors (Lipinski definition) is 1. The standard InChI is InChI=1S/C30H25ClN2O5/c1-20(37-24-15-13-23(14-16-24)22-8-4-3-5-9-22)29(34)33-32-19-21-12-17-27(28(18-21)36-2)38-30(35)25-10-6-7-11-26(25)31/h3-20H,1-2H3,(H,33,34)/b32-19+. The molecule has 0 spiro atoms. The van der Waals surface area contributed by atoms with Gasteiger partial charge in [0.25, 0.3) is 5.91 Å². The Labute approximate surface area is 225 Å². The molecule has 0 radical (unpaired) electrons. The Morgan fingerprint density at radius 1 is 0.868 bits per heavy atom. The van der Waals surface area contributed by atoms with Crippen LogP contribution >= 0.6 is 11.6 Å². The third-order valence-electron chi connectivity index (χ3n) is 5.52. The molecule has 0 bridgehead atoms. The maximum atomic E-state index is 12.5. The predicted molar refractivity (Wildman–Crippen MR) is 147 cm³/mol. The van der Waals surface area contributed by atoms with E-state index in [4.69, 9.17) is 25.8 Å².